The summed E-state index contributed by atoms with van der Waals surface area (Å²) in [5, 5.41) is 7.46. The van der Waals surface area contributed by atoms with Gasteiger partial charge >= 0.3 is 0 Å². The summed E-state index contributed by atoms with van der Waals surface area (Å²) in [4.78, 5) is 0. The second kappa shape index (κ2) is 12.5. The van der Waals surface area contributed by atoms with Crippen molar-refractivity contribution in [2.24, 2.45) is 0 Å². The van der Waals surface area contributed by atoms with Gasteiger partial charge in [0.15, 0.2) is 0 Å². The number of rotatable bonds is 5. The van der Waals surface area contributed by atoms with Gasteiger partial charge in [-0.05, 0) is 107 Å². The van der Waals surface area contributed by atoms with Gasteiger partial charge in [0, 0.05) is 49.4 Å². The highest BCUT2D eigenvalue weighted by Gasteiger charge is 2.20. The number of para-hydroxylation sites is 4. The molecule has 0 unspecified atom stereocenters. The summed E-state index contributed by atoms with van der Waals surface area (Å²) in [5.41, 5.74) is 15.5. The lowest BCUT2D eigenvalue weighted by molar-refractivity contribution is 1.17. The average molecular weight is 726 g/mol. The van der Waals surface area contributed by atoms with Crippen molar-refractivity contribution in [3.63, 3.8) is 0 Å². The lowest BCUT2D eigenvalue weighted by Crippen LogP contribution is -1.94. The van der Waals surface area contributed by atoms with Crippen LogP contribution in [-0.2, 0) is 0 Å². The third-order valence-electron chi connectivity index (χ3n) is 11.8. The van der Waals surface area contributed by atoms with E-state index in [1.54, 1.807) is 0 Å². The summed E-state index contributed by atoms with van der Waals surface area (Å²) in [5.74, 6) is 0. The maximum Gasteiger partial charge on any atom is 0.0548 e. The fourth-order valence-electron chi connectivity index (χ4n) is 9.26. The highest BCUT2D eigenvalue weighted by Crippen LogP contribution is 2.42. The maximum atomic E-state index is 2.43. The Balaban J connectivity index is 1.09. The molecule has 3 heteroatoms. The lowest BCUT2D eigenvalue weighted by atomic mass is 10.00. The number of fused-ring (bicyclic) bond motifs is 9. The van der Waals surface area contributed by atoms with Crippen LogP contribution >= 0.6 is 0 Å². The summed E-state index contributed by atoms with van der Waals surface area (Å²) < 4.78 is 7.26. The first kappa shape index (κ1) is 31.7. The fourth-order valence-corrected chi connectivity index (χ4v) is 9.26. The summed E-state index contributed by atoms with van der Waals surface area (Å²) in [6, 6.07) is 77.4. The molecular weight excluding hydrogens is 691 g/mol. The van der Waals surface area contributed by atoms with Gasteiger partial charge in [-0.2, -0.15) is 0 Å². The van der Waals surface area contributed by atoms with Crippen molar-refractivity contribution in [2.75, 3.05) is 0 Å². The topological polar surface area (TPSA) is 14.8 Å². The Morgan fingerprint density at radius 1 is 0.193 bits per heavy atom. The minimum absolute atomic E-state index is 1.15. The molecule has 0 aliphatic carbocycles. The Kier molecular flexibility index (Phi) is 6.93. The van der Waals surface area contributed by atoms with Crippen LogP contribution in [0.4, 0.5) is 0 Å². The van der Waals surface area contributed by atoms with E-state index in [1.807, 2.05) is 0 Å². The van der Waals surface area contributed by atoms with Crippen molar-refractivity contribution in [3.8, 4) is 39.3 Å². The van der Waals surface area contributed by atoms with Crippen LogP contribution in [0.3, 0.4) is 0 Å². The first-order valence-electron chi connectivity index (χ1n) is 19.6. The minimum atomic E-state index is 1.15. The third kappa shape index (κ3) is 4.86. The molecule has 12 rings (SSSR count). The normalized spacial score (nSPS) is 11.9. The van der Waals surface area contributed by atoms with E-state index in [2.05, 4.69) is 226 Å². The zero-order valence-corrected chi connectivity index (χ0v) is 31.0. The molecule has 12 aromatic rings. The van der Waals surface area contributed by atoms with Crippen molar-refractivity contribution in [1.82, 2.24) is 13.7 Å². The Morgan fingerprint density at radius 3 is 1.12 bits per heavy atom. The van der Waals surface area contributed by atoms with Gasteiger partial charge in [0.25, 0.3) is 0 Å². The van der Waals surface area contributed by atoms with E-state index < -0.39 is 0 Å². The lowest BCUT2D eigenvalue weighted by Gasteiger charge is -2.11. The van der Waals surface area contributed by atoms with Gasteiger partial charge < -0.3 is 13.7 Å². The number of hydrogen-bond donors (Lipinski definition) is 0. The van der Waals surface area contributed by atoms with Gasteiger partial charge in [0.2, 0.25) is 0 Å². The van der Waals surface area contributed by atoms with E-state index in [4.69, 9.17) is 0 Å². The van der Waals surface area contributed by atoms with Crippen molar-refractivity contribution in [3.05, 3.63) is 212 Å². The van der Waals surface area contributed by atoms with Gasteiger partial charge in [-0.15, -0.1) is 0 Å². The second-order valence-electron chi connectivity index (χ2n) is 15.0. The van der Waals surface area contributed by atoms with E-state index in [0.717, 1.165) is 17.1 Å². The predicted octanol–water partition coefficient (Wildman–Crippen LogP) is 14.3. The van der Waals surface area contributed by atoms with E-state index in [1.165, 1.54) is 87.7 Å². The summed E-state index contributed by atoms with van der Waals surface area (Å²) in [7, 11) is 0. The van der Waals surface area contributed by atoms with Crippen LogP contribution in [0.15, 0.2) is 212 Å². The zero-order chi connectivity index (χ0) is 37.5. The Bertz CT molecular complexity index is 3500. The first-order valence-corrected chi connectivity index (χ1v) is 19.6. The highest BCUT2D eigenvalue weighted by atomic mass is 15.0. The first-order chi connectivity index (χ1) is 28.3. The van der Waals surface area contributed by atoms with Crippen LogP contribution < -0.4 is 0 Å². The van der Waals surface area contributed by atoms with E-state index in [-0.39, 0.29) is 0 Å². The molecule has 0 bridgehead atoms. The molecule has 0 aliphatic heterocycles. The number of nitrogens with zero attached hydrogens (tertiary/aromatic N) is 3. The van der Waals surface area contributed by atoms with Crippen LogP contribution in [0, 0.1) is 0 Å². The van der Waals surface area contributed by atoms with Crippen molar-refractivity contribution < 1.29 is 0 Å². The van der Waals surface area contributed by atoms with E-state index >= 15 is 0 Å². The van der Waals surface area contributed by atoms with Crippen molar-refractivity contribution in [2.45, 2.75) is 0 Å². The number of hydrogen-bond acceptors (Lipinski definition) is 0. The number of benzene rings is 9. The maximum absolute atomic E-state index is 2.43. The standard InChI is InChI=1S/C54H35N3/c1-4-15-36(16-5-1)37-17-14-22-42(31-37)57-50-26-13-10-23-43(50)45-32-38(27-29-51(45)57)39-28-30-52-46(33-39)48-35-53-47(34-54(48)56(52)41-20-8-3-9-21-41)44-24-11-12-25-49(44)55(53)40-18-6-2-7-19-40/h1-35H. The van der Waals surface area contributed by atoms with Gasteiger partial charge in [0.1, 0.15) is 0 Å². The molecule has 3 heterocycles. The predicted molar refractivity (Wildman–Crippen MR) is 240 cm³/mol. The molecule has 0 saturated carbocycles. The third-order valence-corrected chi connectivity index (χ3v) is 11.8. The molecule has 0 amide bonds. The Labute approximate surface area is 329 Å². The van der Waals surface area contributed by atoms with Crippen LogP contribution in [0.5, 0.6) is 0 Å². The number of aromatic nitrogens is 3. The second-order valence-corrected chi connectivity index (χ2v) is 15.0. The minimum Gasteiger partial charge on any atom is -0.309 e. The molecule has 0 fully saturated rings. The van der Waals surface area contributed by atoms with E-state index in [9.17, 15) is 0 Å². The molecule has 0 aliphatic rings. The van der Waals surface area contributed by atoms with Crippen LogP contribution in [0.25, 0.3) is 105 Å². The van der Waals surface area contributed by atoms with Crippen LogP contribution in [0.1, 0.15) is 0 Å². The largest absolute Gasteiger partial charge is 0.309 e. The van der Waals surface area contributed by atoms with Gasteiger partial charge in [0.05, 0.1) is 33.1 Å². The Morgan fingerprint density at radius 2 is 0.561 bits per heavy atom. The molecule has 9 aromatic carbocycles. The molecule has 3 aromatic heterocycles. The smallest absolute Gasteiger partial charge is 0.0548 e. The molecule has 0 spiro atoms. The zero-order valence-electron chi connectivity index (χ0n) is 31.0. The van der Waals surface area contributed by atoms with Gasteiger partial charge in [-0.25, -0.2) is 0 Å². The molecule has 0 N–H and O–H groups in total. The quantitative estimate of drug-likeness (QED) is 0.168. The van der Waals surface area contributed by atoms with Crippen LogP contribution in [0.2, 0.25) is 0 Å². The molecule has 0 radical (unpaired) electrons. The fraction of sp³-hybridized carbons (Fsp3) is 0. The van der Waals surface area contributed by atoms with E-state index in [0.29, 0.717) is 0 Å². The molecule has 0 atom stereocenters. The summed E-state index contributed by atoms with van der Waals surface area (Å²) in [6.07, 6.45) is 0. The van der Waals surface area contributed by atoms with Crippen LogP contribution in [-0.4, -0.2) is 13.7 Å². The monoisotopic (exact) mass is 725 g/mol. The Hall–Kier alpha value is -7.62. The van der Waals surface area contributed by atoms with Gasteiger partial charge in [-0.3, -0.25) is 0 Å². The average Bonchev–Trinajstić information content (AvgIpc) is 3.91. The SMILES string of the molecule is c1ccc(-c2cccc(-n3c4ccccc4c4cc(-c5ccc6c(c5)c5cc7c(cc5n6-c5ccccc5)c5ccccc5n7-c5ccccc5)ccc43)c2)cc1. The summed E-state index contributed by atoms with van der Waals surface area (Å²) in [6.45, 7) is 0. The molecule has 0 saturated heterocycles. The molecule has 3 nitrogen and oxygen atoms in total. The molecular formula is C54H35N3. The highest BCUT2D eigenvalue weighted by molar-refractivity contribution is 6.19. The van der Waals surface area contributed by atoms with Crippen molar-refractivity contribution in [1.29, 1.82) is 0 Å². The van der Waals surface area contributed by atoms with Gasteiger partial charge in [-0.1, -0.05) is 127 Å². The van der Waals surface area contributed by atoms with Crippen molar-refractivity contribution >= 4 is 65.4 Å². The molecule has 57 heavy (non-hydrogen) atoms. The summed E-state index contributed by atoms with van der Waals surface area (Å²) >= 11 is 0. The molecule has 266 valence electrons.